The fraction of sp³-hybridized carbons (Fsp3) is 0.667. The number of ether oxygens (including phenoxy) is 1. The zero-order valence-electron chi connectivity index (χ0n) is 10.9. The van der Waals surface area contributed by atoms with Crippen molar-refractivity contribution in [1.82, 2.24) is 10.5 Å². The summed E-state index contributed by atoms with van der Waals surface area (Å²) in [6.45, 7) is 6.28. The van der Waals surface area contributed by atoms with Gasteiger partial charge < -0.3 is 19.9 Å². The van der Waals surface area contributed by atoms with E-state index in [-0.39, 0.29) is 18.2 Å². The fourth-order valence-corrected chi connectivity index (χ4v) is 2.11. The van der Waals surface area contributed by atoms with Crippen LogP contribution in [0, 0.1) is 13.8 Å². The molecule has 0 spiro atoms. The molecule has 2 amide bonds. The average Bonchev–Trinajstić information content (AvgIpc) is 2.94. The van der Waals surface area contributed by atoms with Gasteiger partial charge in [0.25, 0.3) is 0 Å². The topological polar surface area (TPSA) is 76.4 Å². The summed E-state index contributed by atoms with van der Waals surface area (Å²) in [5, 5.41) is 9.40. The number of hydrogen-bond acceptors (Lipinski definition) is 4. The molecule has 2 atom stereocenters. The third kappa shape index (κ3) is 2.81. The van der Waals surface area contributed by atoms with Crippen molar-refractivity contribution < 1.29 is 14.1 Å². The van der Waals surface area contributed by atoms with Gasteiger partial charge in [-0.25, -0.2) is 4.79 Å². The van der Waals surface area contributed by atoms with Gasteiger partial charge in [0.1, 0.15) is 11.4 Å². The number of carbonyl (C=O) groups excluding carboxylic acids is 1. The number of aromatic nitrogens is 1. The Labute approximate surface area is 106 Å². The summed E-state index contributed by atoms with van der Waals surface area (Å²) in [5.74, 6) is 0.604. The molecule has 6 heteroatoms. The second-order valence-corrected chi connectivity index (χ2v) is 4.64. The van der Waals surface area contributed by atoms with Crippen molar-refractivity contribution in [3.8, 4) is 0 Å². The highest BCUT2D eigenvalue weighted by atomic mass is 16.5. The number of rotatable bonds is 3. The molecule has 1 aliphatic heterocycles. The van der Waals surface area contributed by atoms with E-state index in [9.17, 15) is 4.79 Å². The van der Waals surface area contributed by atoms with E-state index < -0.39 is 0 Å². The minimum Gasteiger partial charge on any atom is -0.376 e. The van der Waals surface area contributed by atoms with Crippen molar-refractivity contribution >= 4 is 11.7 Å². The van der Waals surface area contributed by atoms with Gasteiger partial charge >= 0.3 is 6.03 Å². The quantitative estimate of drug-likeness (QED) is 0.863. The van der Waals surface area contributed by atoms with Crippen LogP contribution in [-0.2, 0) is 4.74 Å². The maximum Gasteiger partial charge on any atom is 0.319 e. The Hall–Kier alpha value is -1.56. The van der Waals surface area contributed by atoms with Gasteiger partial charge in [0.15, 0.2) is 5.76 Å². The monoisotopic (exact) mass is 253 g/mol. The fourth-order valence-electron chi connectivity index (χ4n) is 2.11. The zero-order chi connectivity index (χ0) is 13.1. The molecule has 1 aliphatic rings. The van der Waals surface area contributed by atoms with E-state index in [2.05, 4.69) is 15.8 Å². The molecule has 0 bridgehead atoms. The summed E-state index contributed by atoms with van der Waals surface area (Å²) < 4.78 is 10.5. The van der Waals surface area contributed by atoms with Crippen LogP contribution in [0.3, 0.4) is 0 Å². The number of anilines is 1. The van der Waals surface area contributed by atoms with E-state index in [1.165, 1.54) is 0 Å². The third-order valence-corrected chi connectivity index (χ3v) is 3.15. The maximum absolute atomic E-state index is 11.8. The van der Waals surface area contributed by atoms with Crippen molar-refractivity contribution in [1.29, 1.82) is 0 Å². The summed E-state index contributed by atoms with van der Waals surface area (Å²) in [6.07, 6.45) is 2.16. The number of hydrogen-bond donors (Lipinski definition) is 2. The van der Waals surface area contributed by atoms with Crippen LogP contribution in [0.5, 0.6) is 0 Å². The normalized spacial score (nSPS) is 20.7. The SMILES string of the molecule is Cc1noc(C)c1NC(=O)N[C@H](C)[C@@H]1CCCO1. The Balaban J connectivity index is 1.88. The summed E-state index contributed by atoms with van der Waals surface area (Å²) >= 11 is 0. The highest BCUT2D eigenvalue weighted by molar-refractivity contribution is 5.90. The van der Waals surface area contributed by atoms with E-state index in [4.69, 9.17) is 9.26 Å². The largest absolute Gasteiger partial charge is 0.376 e. The van der Waals surface area contributed by atoms with Crippen LogP contribution in [0.25, 0.3) is 0 Å². The van der Waals surface area contributed by atoms with Crippen LogP contribution in [-0.4, -0.2) is 29.9 Å². The Morgan fingerprint density at radius 3 is 2.83 bits per heavy atom. The first kappa shape index (κ1) is 12.9. The molecule has 1 aromatic rings. The number of nitrogens with one attached hydrogen (secondary N) is 2. The van der Waals surface area contributed by atoms with Gasteiger partial charge in [-0.3, -0.25) is 0 Å². The lowest BCUT2D eigenvalue weighted by Gasteiger charge is -2.20. The molecule has 0 radical (unpaired) electrons. The Bertz CT molecular complexity index is 405. The summed E-state index contributed by atoms with van der Waals surface area (Å²) in [4.78, 5) is 11.8. The Morgan fingerprint density at radius 2 is 2.28 bits per heavy atom. The van der Waals surface area contributed by atoms with E-state index in [0.29, 0.717) is 17.1 Å². The molecule has 0 unspecified atom stereocenters. The molecule has 100 valence electrons. The van der Waals surface area contributed by atoms with Crippen molar-refractivity contribution in [3.63, 3.8) is 0 Å². The minimum atomic E-state index is -0.257. The van der Waals surface area contributed by atoms with Crippen molar-refractivity contribution in [2.24, 2.45) is 0 Å². The van der Waals surface area contributed by atoms with Gasteiger partial charge in [-0.2, -0.15) is 0 Å². The molecule has 1 aromatic heterocycles. The molecule has 2 N–H and O–H groups in total. The number of aryl methyl sites for hydroxylation is 2. The number of amides is 2. The van der Waals surface area contributed by atoms with Gasteiger partial charge in [0.2, 0.25) is 0 Å². The third-order valence-electron chi connectivity index (χ3n) is 3.15. The van der Waals surface area contributed by atoms with E-state index in [1.807, 2.05) is 6.92 Å². The molecule has 1 saturated heterocycles. The first-order valence-electron chi connectivity index (χ1n) is 6.20. The predicted molar refractivity (Wildman–Crippen MR) is 66.6 cm³/mol. The Morgan fingerprint density at radius 1 is 1.50 bits per heavy atom. The highest BCUT2D eigenvalue weighted by Gasteiger charge is 2.24. The molecular formula is C12H19N3O3. The number of carbonyl (C=O) groups is 1. The summed E-state index contributed by atoms with van der Waals surface area (Å²) in [6, 6.07) is -0.264. The zero-order valence-corrected chi connectivity index (χ0v) is 10.9. The Kier molecular flexibility index (Phi) is 3.86. The van der Waals surface area contributed by atoms with Crippen molar-refractivity contribution in [2.45, 2.75) is 45.8 Å². The van der Waals surface area contributed by atoms with Crippen LogP contribution in [0.15, 0.2) is 4.52 Å². The number of urea groups is 1. The molecule has 0 aromatic carbocycles. The molecule has 1 fully saturated rings. The van der Waals surface area contributed by atoms with Crippen molar-refractivity contribution in [2.75, 3.05) is 11.9 Å². The molecule has 0 aliphatic carbocycles. The number of nitrogens with zero attached hydrogens (tertiary/aromatic N) is 1. The molecular weight excluding hydrogens is 234 g/mol. The first-order valence-corrected chi connectivity index (χ1v) is 6.20. The minimum absolute atomic E-state index is 0.00651. The molecule has 6 nitrogen and oxygen atoms in total. The van der Waals surface area contributed by atoms with Crippen molar-refractivity contribution in [3.05, 3.63) is 11.5 Å². The maximum atomic E-state index is 11.8. The molecule has 2 heterocycles. The van der Waals surface area contributed by atoms with Gasteiger partial charge in [-0.1, -0.05) is 5.16 Å². The van der Waals surface area contributed by atoms with Crippen LogP contribution in [0.2, 0.25) is 0 Å². The summed E-state index contributed by atoms with van der Waals surface area (Å²) in [5.41, 5.74) is 1.31. The predicted octanol–water partition coefficient (Wildman–Crippen LogP) is 1.98. The first-order chi connectivity index (χ1) is 8.58. The lowest BCUT2D eigenvalue weighted by molar-refractivity contribution is 0.0868. The van der Waals surface area contributed by atoms with E-state index in [0.717, 1.165) is 19.4 Å². The molecule has 0 saturated carbocycles. The van der Waals surface area contributed by atoms with Crippen LogP contribution >= 0.6 is 0 Å². The van der Waals surface area contributed by atoms with Gasteiger partial charge in [-0.15, -0.1) is 0 Å². The van der Waals surface area contributed by atoms with Gasteiger partial charge in [0.05, 0.1) is 12.1 Å². The van der Waals surface area contributed by atoms with E-state index >= 15 is 0 Å². The molecule has 2 rings (SSSR count). The van der Waals surface area contributed by atoms with E-state index in [1.54, 1.807) is 13.8 Å². The lowest BCUT2D eigenvalue weighted by atomic mass is 10.1. The van der Waals surface area contributed by atoms with Gasteiger partial charge in [-0.05, 0) is 33.6 Å². The summed E-state index contributed by atoms with van der Waals surface area (Å²) in [7, 11) is 0. The second-order valence-electron chi connectivity index (χ2n) is 4.64. The lowest BCUT2D eigenvalue weighted by Crippen LogP contribution is -2.43. The molecule has 18 heavy (non-hydrogen) atoms. The average molecular weight is 253 g/mol. The van der Waals surface area contributed by atoms with Crippen LogP contribution in [0.1, 0.15) is 31.2 Å². The van der Waals surface area contributed by atoms with Crippen LogP contribution < -0.4 is 10.6 Å². The van der Waals surface area contributed by atoms with Gasteiger partial charge in [0, 0.05) is 6.61 Å². The standard InChI is InChI=1S/C12H19N3O3/c1-7(10-5-4-6-17-10)13-12(16)14-11-8(2)15-18-9(11)3/h7,10H,4-6H2,1-3H3,(H2,13,14,16)/t7-,10+/m1/s1. The smallest absolute Gasteiger partial charge is 0.319 e. The van der Waals surface area contributed by atoms with Crippen LogP contribution in [0.4, 0.5) is 10.5 Å². The second kappa shape index (κ2) is 5.39. The highest BCUT2D eigenvalue weighted by Crippen LogP contribution is 2.19.